The van der Waals surface area contributed by atoms with Crippen LogP contribution in [0.2, 0.25) is 0 Å². The molecule has 0 spiro atoms. The van der Waals surface area contributed by atoms with Crippen LogP contribution in [0.3, 0.4) is 0 Å². The summed E-state index contributed by atoms with van der Waals surface area (Å²) < 4.78 is 10.3. The van der Waals surface area contributed by atoms with E-state index in [-0.39, 0.29) is 49.2 Å². The average Bonchev–Trinajstić information content (AvgIpc) is 3.00. The Morgan fingerprint density at radius 3 is 2.62 bits per heavy atom. The third-order valence-electron chi connectivity index (χ3n) is 4.17. The third kappa shape index (κ3) is 6.10. The second-order valence-corrected chi connectivity index (χ2v) is 6.05. The Labute approximate surface area is 164 Å². The molecule has 0 bridgehead atoms. The average molecular weight is 410 g/mol. The molecule has 0 radical (unpaired) electrons. The molecule has 0 saturated carbocycles. The van der Waals surface area contributed by atoms with E-state index in [9.17, 15) is 9.59 Å². The van der Waals surface area contributed by atoms with Gasteiger partial charge in [0.15, 0.2) is 5.82 Å². The Kier molecular flexibility index (Phi) is 9.31. The number of piperazine rings is 1. The predicted molar refractivity (Wildman–Crippen MR) is 100.0 cm³/mol. The number of nitrogens with one attached hydrogen (secondary N) is 2. The fraction of sp³-hybridized carbons (Fsp3) is 0.667. The van der Waals surface area contributed by atoms with Crippen molar-refractivity contribution in [1.82, 2.24) is 20.3 Å². The monoisotopic (exact) mass is 409 g/mol. The van der Waals surface area contributed by atoms with Gasteiger partial charge >= 0.3 is 0 Å². The van der Waals surface area contributed by atoms with Crippen molar-refractivity contribution in [3.05, 3.63) is 11.8 Å². The molecule has 1 atom stereocenters. The van der Waals surface area contributed by atoms with E-state index in [4.69, 9.17) is 9.26 Å². The van der Waals surface area contributed by atoms with E-state index in [2.05, 4.69) is 15.8 Å². The van der Waals surface area contributed by atoms with E-state index in [1.807, 2.05) is 9.80 Å². The fourth-order valence-corrected chi connectivity index (χ4v) is 2.88. The van der Waals surface area contributed by atoms with Crippen LogP contribution in [-0.4, -0.2) is 85.3 Å². The molecule has 3 rings (SSSR count). The smallest absolute Gasteiger partial charge is 0.242 e. The van der Waals surface area contributed by atoms with Crippen LogP contribution in [0.4, 0.5) is 5.82 Å². The largest absolute Gasteiger partial charge is 0.378 e. The van der Waals surface area contributed by atoms with Crippen LogP contribution in [0.15, 0.2) is 10.6 Å². The van der Waals surface area contributed by atoms with Gasteiger partial charge in [0, 0.05) is 38.8 Å². The Hall–Kier alpha value is -1.39. The zero-order chi connectivity index (χ0) is 16.9. The van der Waals surface area contributed by atoms with Gasteiger partial charge in [-0.2, -0.15) is 0 Å². The Morgan fingerprint density at radius 1 is 1.31 bits per heavy atom. The van der Waals surface area contributed by atoms with Gasteiger partial charge in [0.2, 0.25) is 11.8 Å². The molecule has 2 aliphatic rings. The summed E-state index contributed by atoms with van der Waals surface area (Å²) in [6.45, 7) is 6.41. The van der Waals surface area contributed by atoms with Crippen molar-refractivity contribution in [3.8, 4) is 0 Å². The van der Waals surface area contributed by atoms with Crippen LogP contribution in [0, 0.1) is 6.92 Å². The molecule has 2 aliphatic heterocycles. The van der Waals surface area contributed by atoms with E-state index in [0.29, 0.717) is 57.5 Å². The summed E-state index contributed by atoms with van der Waals surface area (Å²) in [4.78, 5) is 28.3. The number of morpholine rings is 1. The van der Waals surface area contributed by atoms with E-state index in [1.54, 1.807) is 13.0 Å². The number of halogens is 2. The second-order valence-electron chi connectivity index (χ2n) is 6.05. The predicted octanol–water partition coefficient (Wildman–Crippen LogP) is -0.102. The number of aryl methyl sites for hydroxylation is 1. The maximum atomic E-state index is 12.4. The topological polar surface area (TPSA) is 99.9 Å². The third-order valence-corrected chi connectivity index (χ3v) is 4.17. The molecule has 148 valence electrons. The number of carbonyl (C=O) groups excluding carboxylic acids is 2. The van der Waals surface area contributed by atoms with Gasteiger partial charge in [-0.25, -0.2) is 0 Å². The van der Waals surface area contributed by atoms with E-state index >= 15 is 0 Å². The van der Waals surface area contributed by atoms with Crippen molar-refractivity contribution in [3.63, 3.8) is 0 Å². The van der Waals surface area contributed by atoms with Crippen LogP contribution < -0.4 is 10.6 Å². The fourth-order valence-electron chi connectivity index (χ4n) is 2.88. The molecule has 0 aromatic carbocycles. The van der Waals surface area contributed by atoms with Gasteiger partial charge in [-0.1, -0.05) is 5.16 Å². The lowest BCUT2D eigenvalue weighted by molar-refractivity contribution is -0.138. The molecule has 2 amide bonds. The zero-order valence-corrected chi connectivity index (χ0v) is 16.2. The molecule has 9 nitrogen and oxygen atoms in total. The molecule has 26 heavy (non-hydrogen) atoms. The number of aromatic nitrogens is 1. The lowest BCUT2D eigenvalue weighted by Gasteiger charge is -2.36. The number of rotatable bonds is 4. The van der Waals surface area contributed by atoms with Crippen molar-refractivity contribution in [1.29, 1.82) is 0 Å². The van der Waals surface area contributed by atoms with Gasteiger partial charge in [-0.05, 0) is 6.92 Å². The first-order valence-electron chi connectivity index (χ1n) is 8.17. The normalized spacial score (nSPS) is 20.7. The number of carbonyl (C=O) groups is 2. The summed E-state index contributed by atoms with van der Waals surface area (Å²) in [5, 5.41) is 9.62. The molecule has 1 aromatic heterocycles. The number of hydrogen-bond acceptors (Lipinski definition) is 7. The van der Waals surface area contributed by atoms with E-state index in [0.717, 1.165) is 0 Å². The van der Waals surface area contributed by atoms with Crippen LogP contribution in [0.1, 0.15) is 5.76 Å². The quantitative estimate of drug-likeness (QED) is 0.715. The van der Waals surface area contributed by atoms with Gasteiger partial charge in [0.25, 0.3) is 0 Å². The minimum Gasteiger partial charge on any atom is -0.378 e. The molecule has 3 heterocycles. The molecule has 2 fully saturated rings. The molecule has 1 aromatic rings. The van der Waals surface area contributed by atoms with Crippen molar-refractivity contribution < 1.29 is 18.8 Å². The van der Waals surface area contributed by atoms with Gasteiger partial charge < -0.3 is 24.8 Å². The number of nitrogens with zero attached hydrogens (tertiary/aromatic N) is 3. The second kappa shape index (κ2) is 10.7. The number of ether oxygens (including phenoxy) is 1. The number of anilines is 1. The zero-order valence-electron chi connectivity index (χ0n) is 14.6. The van der Waals surface area contributed by atoms with Gasteiger partial charge in [0.05, 0.1) is 19.8 Å². The van der Waals surface area contributed by atoms with Crippen molar-refractivity contribution >= 4 is 42.4 Å². The highest BCUT2D eigenvalue weighted by molar-refractivity contribution is 5.91. The maximum absolute atomic E-state index is 12.4. The lowest BCUT2D eigenvalue weighted by atomic mass is 10.2. The first kappa shape index (κ1) is 22.7. The van der Waals surface area contributed by atoms with E-state index in [1.165, 1.54) is 0 Å². The summed E-state index contributed by atoms with van der Waals surface area (Å²) in [6.07, 6.45) is 0. The Bertz CT molecular complexity index is 586. The minimum absolute atomic E-state index is 0. The minimum atomic E-state index is -0.246. The molecule has 11 heteroatoms. The number of amides is 2. The molecular weight excluding hydrogens is 385 g/mol. The van der Waals surface area contributed by atoms with Crippen molar-refractivity contribution in [2.75, 3.05) is 57.8 Å². The highest BCUT2D eigenvalue weighted by atomic mass is 35.5. The Balaban J connectivity index is 0.00000169. The standard InChI is InChI=1S/C15H23N5O4.2ClH/c1-11-8-13(18-24-11)17-14(21)9-19-3-5-20(6-4-19)15(22)12-10-23-7-2-16-12;;/h8,12,16H,2-7,9-10H2,1H3,(H,17,18,21);2*1H. The lowest BCUT2D eigenvalue weighted by Crippen LogP contribution is -2.57. The first-order chi connectivity index (χ1) is 11.6. The summed E-state index contributed by atoms with van der Waals surface area (Å²) in [6, 6.07) is 1.43. The first-order valence-corrected chi connectivity index (χ1v) is 8.17. The van der Waals surface area contributed by atoms with E-state index < -0.39 is 0 Å². The molecule has 2 saturated heterocycles. The summed E-state index contributed by atoms with van der Waals surface area (Å²) in [7, 11) is 0. The maximum Gasteiger partial charge on any atom is 0.242 e. The Morgan fingerprint density at radius 2 is 2.04 bits per heavy atom. The molecule has 0 aliphatic carbocycles. The SMILES string of the molecule is Cc1cc(NC(=O)CN2CCN(C(=O)C3COCCN3)CC2)no1.Cl.Cl. The van der Waals surface area contributed by atoms with Crippen LogP contribution in [-0.2, 0) is 14.3 Å². The number of hydrogen-bond donors (Lipinski definition) is 2. The van der Waals surface area contributed by atoms with Crippen LogP contribution >= 0.6 is 24.8 Å². The summed E-state index contributed by atoms with van der Waals surface area (Å²) in [5.74, 6) is 1.02. The molecular formula is C15H25Cl2N5O4. The summed E-state index contributed by atoms with van der Waals surface area (Å²) in [5.41, 5.74) is 0. The molecule has 1 unspecified atom stereocenters. The van der Waals surface area contributed by atoms with Crippen LogP contribution in [0.25, 0.3) is 0 Å². The highest BCUT2D eigenvalue weighted by Gasteiger charge is 2.29. The summed E-state index contributed by atoms with van der Waals surface area (Å²) >= 11 is 0. The van der Waals surface area contributed by atoms with Crippen molar-refractivity contribution in [2.45, 2.75) is 13.0 Å². The van der Waals surface area contributed by atoms with Gasteiger partial charge in [-0.15, -0.1) is 24.8 Å². The molecule has 2 N–H and O–H groups in total. The van der Waals surface area contributed by atoms with Gasteiger partial charge in [0.1, 0.15) is 11.8 Å². The van der Waals surface area contributed by atoms with Crippen molar-refractivity contribution in [2.24, 2.45) is 0 Å². The van der Waals surface area contributed by atoms with Gasteiger partial charge in [-0.3, -0.25) is 14.5 Å². The van der Waals surface area contributed by atoms with Crippen LogP contribution in [0.5, 0.6) is 0 Å². The highest BCUT2D eigenvalue weighted by Crippen LogP contribution is 2.09.